The third kappa shape index (κ3) is 65.7. The second-order valence-corrected chi connectivity index (χ2v) is 24.4. The molecule has 0 aliphatic rings. The molecule has 0 fully saturated rings. The minimum Gasteiger partial charge on any atom is -0.545 e. The number of ether oxygens (including phenoxy) is 4. The first-order valence-electron chi connectivity index (χ1n) is 34.9. The molecule has 2 unspecified atom stereocenters. The maximum absolute atomic E-state index is 12.9. The van der Waals surface area contributed by atoms with Crippen molar-refractivity contribution in [2.75, 3.05) is 47.5 Å². The number of carbonyl (C=O) groups excluding carboxylic acids is 3. The van der Waals surface area contributed by atoms with Crippen LogP contribution in [0.2, 0.25) is 0 Å². The van der Waals surface area contributed by atoms with Gasteiger partial charge in [-0.2, -0.15) is 0 Å². The summed E-state index contributed by atoms with van der Waals surface area (Å²) in [7, 11) is 5.93. The molecule has 0 amide bonds. The molecular formula is C75H131NO8. The Morgan fingerprint density at radius 3 is 1.01 bits per heavy atom. The summed E-state index contributed by atoms with van der Waals surface area (Å²) in [4.78, 5) is 37.4. The van der Waals surface area contributed by atoms with Crippen molar-refractivity contribution < 1.29 is 42.9 Å². The molecule has 484 valence electrons. The number of esters is 2. The van der Waals surface area contributed by atoms with E-state index < -0.39 is 24.3 Å². The molecule has 0 N–H and O–H groups in total. The smallest absolute Gasteiger partial charge is 0.306 e. The molecule has 9 nitrogen and oxygen atoms in total. The largest absolute Gasteiger partial charge is 0.545 e. The van der Waals surface area contributed by atoms with E-state index in [0.29, 0.717) is 23.9 Å². The lowest BCUT2D eigenvalue weighted by molar-refractivity contribution is -0.870. The third-order valence-corrected chi connectivity index (χ3v) is 15.1. The number of aliphatic carboxylic acids is 1. The number of unbranched alkanes of at least 4 members (excludes halogenated alkanes) is 33. The van der Waals surface area contributed by atoms with E-state index >= 15 is 0 Å². The van der Waals surface area contributed by atoms with Crippen molar-refractivity contribution in [1.82, 2.24) is 0 Å². The zero-order valence-electron chi connectivity index (χ0n) is 55.3. The van der Waals surface area contributed by atoms with Crippen LogP contribution in [0.4, 0.5) is 0 Å². The quantitative estimate of drug-likeness (QED) is 0.0195. The van der Waals surface area contributed by atoms with Crippen LogP contribution in [-0.2, 0) is 33.3 Å². The Morgan fingerprint density at radius 1 is 0.369 bits per heavy atom. The van der Waals surface area contributed by atoms with Gasteiger partial charge in [0.05, 0.1) is 40.3 Å². The fourth-order valence-corrected chi connectivity index (χ4v) is 9.79. The fraction of sp³-hybridized carbons (Fsp3) is 0.747. The molecule has 0 aliphatic carbocycles. The number of carboxylic acids is 1. The van der Waals surface area contributed by atoms with Gasteiger partial charge in [0.1, 0.15) is 13.2 Å². The molecule has 0 aromatic rings. The predicted octanol–water partition coefficient (Wildman–Crippen LogP) is 20.3. The summed E-state index contributed by atoms with van der Waals surface area (Å²) in [5, 5.41) is 11.8. The van der Waals surface area contributed by atoms with E-state index in [2.05, 4.69) is 111 Å². The van der Waals surface area contributed by atoms with Crippen molar-refractivity contribution in [2.24, 2.45) is 0 Å². The first-order valence-corrected chi connectivity index (χ1v) is 34.9. The van der Waals surface area contributed by atoms with Crippen molar-refractivity contribution in [3.8, 4) is 0 Å². The standard InChI is InChI=1S/C75H131NO8/c1-6-8-10-12-14-16-18-20-22-24-26-28-29-30-31-32-33-34-35-36-37-38-39-40-41-42-43-44-45-46-48-50-52-54-56-58-60-62-64-66-73(78)84-71(70-83-75(74(79)80)81-68-67-76(3,4)5)69-82-72(77)65-63-61-59-57-55-53-51-49-47-27-25-23-21-19-17-15-13-11-9-7-2/h8,10,14,16,20,22,26,28,30-31,33-34,36-37,39-40,71,75H,6-7,9,11-13,15,17-19,21,23-25,27,29,32,35,38,41-70H2,1-5H3/b10-8-,16-14-,22-20-,28-26-,31-30-,34-33-,37-36-,40-39-. The Labute approximate surface area is 518 Å². The van der Waals surface area contributed by atoms with Crippen LogP contribution in [0.25, 0.3) is 0 Å². The highest BCUT2D eigenvalue weighted by molar-refractivity contribution is 5.70. The predicted molar refractivity (Wildman–Crippen MR) is 357 cm³/mol. The lowest BCUT2D eigenvalue weighted by Gasteiger charge is -2.26. The highest BCUT2D eigenvalue weighted by atomic mass is 16.7. The average molecular weight is 1170 g/mol. The van der Waals surface area contributed by atoms with Gasteiger partial charge in [0.25, 0.3) is 0 Å². The van der Waals surface area contributed by atoms with Crippen molar-refractivity contribution in [3.63, 3.8) is 0 Å². The molecule has 9 heteroatoms. The molecule has 0 spiro atoms. The van der Waals surface area contributed by atoms with Crippen molar-refractivity contribution in [1.29, 1.82) is 0 Å². The van der Waals surface area contributed by atoms with Crippen LogP contribution in [0.3, 0.4) is 0 Å². The van der Waals surface area contributed by atoms with Crippen molar-refractivity contribution in [3.05, 3.63) is 97.2 Å². The van der Waals surface area contributed by atoms with Gasteiger partial charge in [0.15, 0.2) is 12.4 Å². The van der Waals surface area contributed by atoms with E-state index in [9.17, 15) is 19.5 Å². The summed E-state index contributed by atoms with van der Waals surface area (Å²) in [5.74, 6) is -2.27. The molecule has 0 bridgehead atoms. The lowest BCUT2D eigenvalue weighted by Crippen LogP contribution is -2.44. The SMILES string of the molecule is CC/C=C\C/C=C\C/C=C\C/C=C\C/C=C\C/C=C\C/C=C\C/C=C\CCCCCCCCCCCCCCCCC(=O)OC(COC(=O)CCCCCCCCCCCCCCCCCCCCCC)COC(OCC[N+](C)(C)C)C(=O)[O-]. The van der Waals surface area contributed by atoms with Gasteiger partial charge in [-0.15, -0.1) is 0 Å². The van der Waals surface area contributed by atoms with Gasteiger partial charge in [0.2, 0.25) is 0 Å². The van der Waals surface area contributed by atoms with Crippen molar-refractivity contribution in [2.45, 2.75) is 315 Å². The Hall–Kier alpha value is -3.79. The van der Waals surface area contributed by atoms with Crippen LogP contribution in [0.1, 0.15) is 303 Å². The van der Waals surface area contributed by atoms with Gasteiger partial charge in [-0.1, -0.05) is 310 Å². The third-order valence-electron chi connectivity index (χ3n) is 15.1. The van der Waals surface area contributed by atoms with E-state index in [1.54, 1.807) is 0 Å². The number of nitrogens with zero attached hydrogens (tertiary/aromatic N) is 1. The van der Waals surface area contributed by atoms with Crippen LogP contribution in [-0.4, -0.2) is 82.3 Å². The zero-order chi connectivity index (χ0) is 61.2. The van der Waals surface area contributed by atoms with E-state index in [4.69, 9.17) is 18.9 Å². The monoisotopic (exact) mass is 1170 g/mol. The van der Waals surface area contributed by atoms with E-state index in [1.807, 2.05) is 21.1 Å². The Kier molecular flexibility index (Phi) is 62.2. The normalized spacial score (nSPS) is 13.3. The number of hydrogen-bond acceptors (Lipinski definition) is 8. The van der Waals surface area contributed by atoms with Crippen LogP contribution in [0, 0.1) is 0 Å². The summed E-state index contributed by atoms with van der Waals surface area (Å²) in [6.07, 6.45) is 86.3. The number of quaternary nitrogens is 1. The second-order valence-electron chi connectivity index (χ2n) is 24.4. The number of hydrogen-bond donors (Lipinski definition) is 0. The molecule has 0 radical (unpaired) electrons. The molecule has 0 aliphatic heterocycles. The summed E-state index contributed by atoms with van der Waals surface area (Å²) >= 11 is 0. The van der Waals surface area contributed by atoms with Crippen LogP contribution >= 0.6 is 0 Å². The van der Waals surface area contributed by atoms with Gasteiger partial charge < -0.3 is 33.3 Å². The van der Waals surface area contributed by atoms with Gasteiger partial charge in [0, 0.05) is 12.8 Å². The maximum atomic E-state index is 12.9. The minimum atomic E-state index is -1.62. The van der Waals surface area contributed by atoms with Gasteiger partial charge in [-0.25, -0.2) is 0 Å². The summed E-state index contributed by atoms with van der Waals surface area (Å²) < 4.78 is 22.8. The Morgan fingerprint density at radius 2 is 0.679 bits per heavy atom. The molecule has 84 heavy (non-hydrogen) atoms. The number of rotatable bonds is 64. The molecule has 0 heterocycles. The van der Waals surface area contributed by atoms with E-state index in [-0.39, 0.29) is 32.2 Å². The Bertz CT molecular complexity index is 1700. The number of carboxylic acid groups (broad SMARTS) is 1. The first kappa shape index (κ1) is 80.2. The Balaban J connectivity index is 4.08. The minimum absolute atomic E-state index is 0.147. The van der Waals surface area contributed by atoms with E-state index in [1.165, 1.54) is 180 Å². The molecular weight excluding hydrogens is 1040 g/mol. The zero-order valence-corrected chi connectivity index (χ0v) is 55.3. The molecule has 2 atom stereocenters. The summed E-state index contributed by atoms with van der Waals surface area (Å²) in [5.41, 5.74) is 0. The lowest BCUT2D eigenvalue weighted by atomic mass is 10.0. The molecule has 0 aromatic carbocycles. The van der Waals surface area contributed by atoms with Gasteiger partial charge >= 0.3 is 11.9 Å². The van der Waals surface area contributed by atoms with Gasteiger partial charge in [-0.3, -0.25) is 9.59 Å². The van der Waals surface area contributed by atoms with Crippen LogP contribution in [0.5, 0.6) is 0 Å². The highest BCUT2D eigenvalue weighted by Gasteiger charge is 2.22. The first-order chi connectivity index (χ1) is 41.1. The molecule has 0 aromatic heterocycles. The number of carbonyl (C=O) groups is 3. The van der Waals surface area contributed by atoms with Crippen molar-refractivity contribution >= 4 is 17.9 Å². The summed E-state index contributed by atoms with van der Waals surface area (Å²) in [6.45, 7) is 4.67. The fourth-order valence-electron chi connectivity index (χ4n) is 9.79. The van der Waals surface area contributed by atoms with Gasteiger partial charge in [-0.05, 0) is 77.0 Å². The van der Waals surface area contributed by atoms with Crippen LogP contribution in [0.15, 0.2) is 97.2 Å². The van der Waals surface area contributed by atoms with Crippen LogP contribution < -0.4 is 5.11 Å². The average Bonchev–Trinajstić information content (AvgIpc) is 3.52. The molecule has 0 rings (SSSR count). The van der Waals surface area contributed by atoms with E-state index in [0.717, 1.165) is 89.9 Å². The second kappa shape index (κ2) is 65.2. The topological polar surface area (TPSA) is 111 Å². The molecule has 0 saturated carbocycles. The number of allylic oxidation sites excluding steroid dienone is 16. The number of likely N-dealkylation sites (N-methyl/N-ethyl adjacent to an activating group) is 1. The highest BCUT2D eigenvalue weighted by Crippen LogP contribution is 2.18. The summed E-state index contributed by atoms with van der Waals surface area (Å²) in [6, 6.07) is 0. The maximum Gasteiger partial charge on any atom is 0.306 e. The molecule has 0 saturated heterocycles.